The summed E-state index contributed by atoms with van der Waals surface area (Å²) in [6.07, 6.45) is 1.43. The molecule has 7 nitrogen and oxygen atoms in total. The van der Waals surface area contributed by atoms with Crippen LogP contribution in [0.1, 0.15) is 5.56 Å². The van der Waals surface area contributed by atoms with E-state index in [1.54, 1.807) is 34.9 Å². The fourth-order valence-electron chi connectivity index (χ4n) is 3.83. The van der Waals surface area contributed by atoms with Crippen molar-refractivity contribution >= 4 is 43.6 Å². The lowest BCUT2D eigenvalue weighted by molar-refractivity contribution is -0.116. The van der Waals surface area contributed by atoms with Crippen molar-refractivity contribution in [2.24, 2.45) is 0 Å². The standard InChI is InChI=1S/C24H19FN4O3S/c25-18-9-3-1-7-16(18)15-33(31,32)22-13-29(21-12-6-2-8-17(21)22)14-23(30)28-24-26-19-10-4-5-11-20(19)27-24/h1-13H,14-15H2,(H2,26,27,28,30). The molecule has 0 aliphatic rings. The number of carbonyl (C=O) groups is 1. The first-order valence-corrected chi connectivity index (χ1v) is 11.8. The lowest BCUT2D eigenvalue weighted by Gasteiger charge is -2.05. The van der Waals surface area contributed by atoms with Crippen molar-refractivity contribution in [2.75, 3.05) is 5.32 Å². The number of halogens is 1. The van der Waals surface area contributed by atoms with Gasteiger partial charge in [0, 0.05) is 22.7 Å². The largest absolute Gasteiger partial charge is 0.337 e. The van der Waals surface area contributed by atoms with Crippen LogP contribution in [0.25, 0.3) is 21.9 Å². The molecule has 0 spiro atoms. The van der Waals surface area contributed by atoms with Gasteiger partial charge < -0.3 is 9.55 Å². The number of fused-ring (bicyclic) bond motifs is 2. The number of aromatic amines is 1. The van der Waals surface area contributed by atoms with Gasteiger partial charge in [-0.05, 0) is 24.3 Å². The molecular formula is C24H19FN4O3S. The first-order valence-electron chi connectivity index (χ1n) is 10.2. The number of carbonyl (C=O) groups excluding carboxylic acids is 1. The summed E-state index contributed by atoms with van der Waals surface area (Å²) in [4.78, 5) is 20.1. The second kappa shape index (κ2) is 8.18. The van der Waals surface area contributed by atoms with E-state index in [2.05, 4.69) is 15.3 Å². The number of nitrogens with one attached hydrogen (secondary N) is 2. The molecule has 9 heteroatoms. The minimum atomic E-state index is -3.86. The van der Waals surface area contributed by atoms with E-state index in [9.17, 15) is 17.6 Å². The molecule has 0 aliphatic carbocycles. The summed E-state index contributed by atoms with van der Waals surface area (Å²) in [5.41, 5.74) is 2.20. The number of aromatic nitrogens is 3. The van der Waals surface area contributed by atoms with E-state index in [1.165, 1.54) is 24.4 Å². The van der Waals surface area contributed by atoms with Crippen molar-refractivity contribution in [3.8, 4) is 0 Å². The van der Waals surface area contributed by atoms with Crippen LogP contribution in [0, 0.1) is 5.82 Å². The first-order chi connectivity index (χ1) is 15.9. The lowest BCUT2D eigenvalue weighted by atomic mass is 10.2. The summed E-state index contributed by atoms with van der Waals surface area (Å²) in [6.45, 7) is -0.118. The normalized spacial score (nSPS) is 11.8. The van der Waals surface area contributed by atoms with Crippen molar-refractivity contribution in [3.05, 3.63) is 90.4 Å². The molecule has 0 bridgehead atoms. The number of rotatable bonds is 6. The summed E-state index contributed by atoms with van der Waals surface area (Å²) in [7, 11) is -3.86. The van der Waals surface area contributed by atoms with Gasteiger partial charge in [-0.15, -0.1) is 0 Å². The minimum Gasteiger partial charge on any atom is -0.337 e. The molecule has 33 heavy (non-hydrogen) atoms. The lowest BCUT2D eigenvalue weighted by Crippen LogP contribution is -2.19. The Bertz CT molecular complexity index is 1570. The third-order valence-corrected chi connectivity index (χ3v) is 7.04. The van der Waals surface area contributed by atoms with E-state index in [0.29, 0.717) is 16.9 Å². The molecule has 0 aliphatic heterocycles. The summed E-state index contributed by atoms with van der Waals surface area (Å²) in [5.74, 6) is -1.10. The molecule has 166 valence electrons. The molecule has 2 aromatic heterocycles. The molecule has 0 saturated heterocycles. The Hall–Kier alpha value is -3.98. The van der Waals surface area contributed by atoms with Crippen LogP contribution in [0.15, 0.2) is 83.9 Å². The molecule has 0 atom stereocenters. The Kier molecular flexibility index (Phi) is 5.18. The molecule has 0 unspecified atom stereocenters. The highest BCUT2D eigenvalue weighted by Gasteiger charge is 2.23. The molecule has 0 saturated carbocycles. The third kappa shape index (κ3) is 4.10. The quantitative estimate of drug-likeness (QED) is 0.394. The van der Waals surface area contributed by atoms with E-state index in [-0.39, 0.29) is 22.9 Å². The number of imidazole rings is 1. The van der Waals surface area contributed by atoms with Crippen LogP contribution in [0.4, 0.5) is 10.3 Å². The molecule has 1 amide bonds. The number of amides is 1. The number of sulfone groups is 1. The highest BCUT2D eigenvalue weighted by molar-refractivity contribution is 7.90. The van der Waals surface area contributed by atoms with E-state index in [4.69, 9.17) is 0 Å². The Morgan fingerprint density at radius 2 is 1.73 bits per heavy atom. The smallest absolute Gasteiger partial charge is 0.246 e. The molecule has 3 aromatic carbocycles. The molecular weight excluding hydrogens is 443 g/mol. The molecule has 2 N–H and O–H groups in total. The number of nitrogens with zero attached hydrogens (tertiary/aromatic N) is 2. The van der Waals surface area contributed by atoms with E-state index < -0.39 is 21.4 Å². The third-order valence-electron chi connectivity index (χ3n) is 5.35. The summed E-state index contributed by atoms with van der Waals surface area (Å²) < 4.78 is 42.0. The van der Waals surface area contributed by atoms with Crippen LogP contribution >= 0.6 is 0 Å². The number of H-pyrrole nitrogens is 1. The van der Waals surface area contributed by atoms with Gasteiger partial charge in [0.1, 0.15) is 12.4 Å². The Labute approximate surface area is 188 Å². The Morgan fingerprint density at radius 3 is 2.55 bits per heavy atom. The van der Waals surface area contributed by atoms with Gasteiger partial charge in [0.05, 0.1) is 21.7 Å². The topological polar surface area (TPSA) is 96.8 Å². The number of para-hydroxylation sites is 3. The van der Waals surface area contributed by atoms with Gasteiger partial charge in [0.25, 0.3) is 0 Å². The van der Waals surface area contributed by atoms with Gasteiger partial charge in [-0.1, -0.05) is 48.5 Å². The summed E-state index contributed by atoms with van der Waals surface area (Å²) >= 11 is 0. The summed E-state index contributed by atoms with van der Waals surface area (Å²) in [6, 6.07) is 20.1. The van der Waals surface area contributed by atoms with Gasteiger partial charge in [-0.25, -0.2) is 17.8 Å². The Balaban J connectivity index is 1.44. The van der Waals surface area contributed by atoms with E-state index in [0.717, 1.165) is 11.0 Å². The van der Waals surface area contributed by atoms with E-state index in [1.807, 2.05) is 24.3 Å². The van der Waals surface area contributed by atoms with Crippen LogP contribution in [-0.2, 0) is 26.9 Å². The monoisotopic (exact) mass is 462 g/mol. The van der Waals surface area contributed by atoms with Gasteiger partial charge in [0.2, 0.25) is 11.9 Å². The van der Waals surface area contributed by atoms with Crippen LogP contribution in [-0.4, -0.2) is 28.9 Å². The predicted octanol–water partition coefficient (Wildman–Crippen LogP) is 4.27. The maximum absolute atomic E-state index is 14.1. The number of hydrogen-bond acceptors (Lipinski definition) is 4. The molecule has 5 rings (SSSR count). The highest BCUT2D eigenvalue weighted by atomic mass is 32.2. The predicted molar refractivity (Wildman–Crippen MR) is 124 cm³/mol. The van der Waals surface area contributed by atoms with Gasteiger partial charge in [-0.3, -0.25) is 10.1 Å². The molecule has 0 fully saturated rings. The number of anilines is 1. The van der Waals surface area contributed by atoms with Gasteiger partial charge in [0.15, 0.2) is 9.84 Å². The number of benzene rings is 3. The average molecular weight is 463 g/mol. The maximum atomic E-state index is 14.1. The van der Waals surface area contributed by atoms with Crippen molar-refractivity contribution in [3.63, 3.8) is 0 Å². The fourth-order valence-corrected chi connectivity index (χ4v) is 5.42. The SMILES string of the molecule is O=C(Cn1cc(S(=O)(=O)Cc2ccccc2F)c2ccccc21)Nc1nc2ccccc2[nH]1. The van der Waals surface area contributed by atoms with Gasteiger partial charge in [-0.2, -0.15) is 0 Å². The van der Waals surface area contributed by atoms with Crippen molar-refractivity contribution < 1.29 is 17.6 Å². The fraction of sp³-hybridized carbons (Fsp3) is 0.0833. The minimum absolute atomic E-state index is 0.0536. The maximum Gasteiger partial charge on any atom is 0.246 e. The average Bonchev–Trinajstić information content (AvgIpc) is 3.37. The van der Waals surface area contributed by atoms with Crippen molar-refractivity contribution in [2.45, 2.75) is 17.2 Å². The summed E-state index contributed by atoms with van der Waals surface area (Å²) in [5, 5.41) is 3.19. The molecule has 5 aromatic rings. The van der Waals surface area contributed by atoms with Crippen molar-refractivity contribution in [1.82, 2.24) is 14.5 Å². The van der Waals surface area contributed by atoms with Gasteiger partial charge >= 0.3 is 0 Å². The van der Waals surface area contributed by atoms with Crippen LogP contribution < -0.4 is 5.32 Å². The van der Waals surface area contributed by atoms with Crippen molar-refractivity contribution in [1.29, 1.82) is 0 Å². The molecule has 2 heterocycles. The van der Waals surface area contributed by atoms with Crippen LogP contribution in [0.3, 0.4) is 0 Å². The Morgan fingerprint density at radius 1 is 1.00 bits per heavy atom. The zero-order chi connectivity index (χ0) is 23.0. The van der Waals surface area contributed by atoms with E-state index >= 15 is 0 Å². The first kappa shape index (κ1) is 20.9. The number of hydrogen-bond donors (Lipinski definition) is 2. The second-order valence-electron chi connectivity index (χ2n) is 7.64. The molecule has 0 radical (unpaired) electrons. The highest BCUT2D eigenvalue weighted by Crippen LogP contribution is 2.28. The second-order valence-corrected chi connectivity index (χ2v) is 9.60. The zero-order valence-electron chi connectivity index (χ0n) is 17.3. The zero-order valence-corrected chi connectivity index (χ0v) is 18.1. The van der Waals surface area contributed by atoms with Crippen LogP contribution in [0.2, 0.25) is 0 Å². The van der Waals surface area contributed by atoms with Crippen LogP contribution in [0.5, 0.6) is 0 Å².